The molecule has 2 aromatic rings. The molecule has 1 atom stereocenters. The van der Waals surface area contributed by atoms with Gasteiger partial charge in [0.05, 0.1) is 0 Å². The molecule has 0 aromatic heterocycles. The Kier molecular flexibility index (Phi) is 5.91. The first kappa shape index (κ1) is 19.7. The second kappa shape index (κ2) is 8.40. The van der Waals surface area contributed by atoms with Crippen molar-refractivity contribution in [2.24, 2.45) is 5.92 Å². The van der Waals surface area contributed by atoms with Gasteiger partial charge in [0.15, 0.2) is 0 Å². The molecular formula is C22H23Cl2FN2O. The number of nitrogens with one attached hydrogen (secondary N) is 1. The van der Waals surface area contributed by atoms with Crippen molar-refractivity contribution in [3.8, 4) is 11.1 Å². The van der Waals surface area contributed by atoms with Crippen LogP contribution in [0.15, 0.2) is 36.4 Å². The minimum absolute atomic E-state index is 0.0761. The first-order valence-electron chi connectivity index (χ1n) is 9.78. The van der Waals surface area contributed by atoms with Crippen LogP contribution in [0.3, 0.4) is 0 Å². The van der Waals surface area contributed by atoms with Gasteiger partial charge in [-0.1, -0.05) is 35.3 Å². The number of piperidine rings is 1. The van der Waals surface area contributed by atoms with E-state index in [1.54, 1.807) is 18.2 Å². The van der Waals surface area contributed by atoms with Gasteiger partial charge in [0.1, 0.15) is 5.82 Å². The number of likely N-dealkylation sites (tertiary alicyclic amines) is 1. The van der Waals surface area contributed by atoms with Crippen LogP contribution in [0, 0.1) is 11.7 Å². The zero-order chi connectivity index (χ0) is 19.7. The van der Waals surface area contributed by atoms with Gasteiger partial charge in [0, 0.05) is 28.5 Å². The van der Waals surface area contributed by atoms with E-state index in [4.69, 9.17) is 23.2 Å². The fraction of sp³-hybridized carbons (Fsp3) is 0.409. The number of hydrogen-bond acceptors (Lipinski definition) is 2. The SMILES string of the molecule is O=C1[C@H](Cc2c(Cl)cc(Cl)cc2-c2ccc(F)cc2)CCN1C1CCNCC1. The molecule has 1 amide bonds. The van der Waals surface area contributed by atoms with Crippen LogP contribution in [0.1, 0.15) is 24.8 Å². The summed E-state index contributed by atoms with van der Waals surface area (Å²) in [7, 11) is 0. The lowest BCUT2D eigenvalue weighted by atomic mass is 9.91. The topological polar surface area (TPSA) is 32.3 Å². The number of benzene rings is 2. The highest BCUT2D eigenvalue weighted by Crippen LogP contribution is 2.37. The van der Waals surface area contributed by atoms with Crippen molar-refractivity contribution in [3.05, 3.63) is 57.8 Å². The van der Waals surface area contributed by atoms with Crippen molar-refractivity contribution in [2.45, 2.75) is 31.7 Å². The summed E-state index contributed by atoms with van der Waals surface area (Å²) in [4.78, 5) is 15.1. The molecule has 148 valence electrons. The maximum Gasteiger partial charge on any atom is 0.226 e. The lowest BCUT2D eigenvalue weighted by molar-refractivity contribution is -0.133. The van der Waals surface area contributed by atoms with Gasteiger partial charge in [-0.25, -0.2) is 4.39 Å². The molecule has 28 heavy (non-hydrogen) atoms. The van der Waals surface area contributed by atoms with E-state index < -0.39 is 0 Å². The average molecular weight is 421 g/mol. The third-order valence-corrected chi connectivity index (χ3v) is 6.42. The van der Waals surface area contributed by atoms with Crippen molar-refractivity contribution in [3.63, 3.8) is 0 Å². The predicted molar refractivity (Wildman–Crippen MR) is 111 cm³/mol. The normalized spacial score (nSPS) is 20.8. The van der Waals surface area contributed by atoms with E-state index in [1.165, 1.54) is 12.1 Å². The third kappa shape index (κ3) is 4.05. The molecule has 2 fully saturated rings. The fourth-order valence-electron chi connectivity index (χ4n) is 4.38. The molecule has 2 aromatic carbocycles. The quantitative estimate of drug-likeness (QED) is 0.759. The number of rotatable bonds is 4. The summed E-state index contributed by atoms with van der Waals surface area (Å²) in [5.74, 6) is -0.141. The Balaban J connectivity index is 1.59. The number of amides is 1. The Morgan fingerprint density at radius 2 is 1.79 bits per heavy atom. The van der Waals surface area contributed by atoms with Crippen LogP contribution in [0.25, 0.3) is 11.1 Å². The molecule has 3 nitrogen and oxygen atoms in total. The van der Waals surface area contributed by atoms with Crippen LogP contribution in [0.5, 0.6) is 0 Å². The van der Waals surface area contributed by atoms with Gasteiger partial charge in [-0.15, -0.1) is 0 Å². The van der Waals surface area contributed by atoms with Crippen LogP contribution in [-0.2, 0) is 11.2 Å². The summed E-state index contributed by atoms with van der Waals surface area (Å²) in [5, 5.41) is 4.44. The van der Waals surface area contributed by atoms with Crippen LogP contribution < -0.4 is 5.32 Å². The van der Waals surface area contributed by atoms with Crippen LogP contribution in [0.2, 0.25) is 10.0 Å². The molecule has 0 unspecified atom stereocenters. The monoisotopic (exact) mass is 420 g/mol. The predicted octanol–water partition coefficient (Wildman–Crippen LogP) is 4.94. The Morgan fingerprint density at radius 1 is 1.07 bits per heavy atom. The Hall–Kier alpha value is -1.62. The highest BCUT2D eigenvalue weighted by atomic mass is 35.5. The van der Waals surface area contributed by atoms with Gasteiger partial charge >= 0.3 is 0 Å². The second-order valence-corrected chi connectivity index (χ2v) is 8.47. The molecule has 6 heteroatoms. The van der Waals surface area contributed by atoms with Gasteiger partial charge < -0.3 is 10.2 Å². The van der Waals surface area contributed by atoms with E-state index in [2.05, 4.69) is 10.2 Å². The standard InChI is InChI=1S/C22H23Cl2FN2O/c23-16-12-19(14-1-3-17(25)4-2-14)20(21(24)13-16)11-15-7-10-27(22(15)28)18-5-8-26-9-6-18/h1-4,12-13,15,18,26H,5-11H2/t15-/m0/s1. The van der Waals surface area contributed by atoms with Crippen LogP contribution in [-0.4, -0.2) is 36.5 Å². The molecule has 0 aliphatic carbocycles. The third-order valence-electron chi connectivity index (χ3n) is 5.87. The second-order valence-electron chi connectivity index (χ2n) is 7.62. The molecule has 0 spiro atoms. The minimum Gasteiger partial charge on any atom is -0.339 e. The minimum atomic E-state index is -0.290. The summed E-state index contributed by atoms with van der Waals surface area (Å²) in [6.07, 6.45) is 3.44. The number of nitrogens with zero attached hydrogens (tertiary/aromatic N) is 1. The molecule has 2 aliphatic rings. The maximum atomic E-state index is 13.4. The lowest BCUT2D eigenvalue weighted by Crippen LogP contribution is -2.44. The molecular weight excluding hydrogens is 398 g/mol. The van der Waals surface area contributed by atoms with E-state index in [0.717, 1.165) is 55.6 Å². The van der Waals surface area contributed by atoms with Crippen molar-refractivity contribution >= 4 is 29.1 Å². The van der Waals surface area contributed by atoms with E-state index in [0.29, 0.717) is 22.5 Å². The van der Waals surface area contributed by atoms with Crippen molar-refractivity contribution in [1.29, 1.82) is 0 Å². The Morgan fingerprint density at radius 3 is 2.50 bits per heavy atom. The molecule has 2 aliphatic heterocycles. The summed E-state index contributed by atoms with van der Waals surface area (Å²) >= 11 is 12.8. The van der Waals surface area contributed by atoms with Crippen molar-refractivity contribution in [2.75, 3.05) is 19.6 Å². The van der Waals surface area contributed by atoms with Gasteiger partial charge in [-0.2, -0.15) is 0 Å². The molecule has 2 heterocycles. The number of carbonyl (C=O) groups excluding carboxylic acids is 1. The first-order valence-corrected chi connectivity index (χ1v) is 10.5. The van der Waals surface area contributed by atoms with Gasteiger partial charge in [-0.3, -0.25) is 4.79 Å². The van der Waals surface area contributed by atoms with E-state index in [9.17, 15) is 9.18 Å². The van der Waals surface area contributed by atoms with E-state index >= 15 is 0 Å². The van der Waals surface area contributed by atoms with Gasteiger partial charge in [0.25, 0.3) is 0 Å². The lowest BCUT2D eigenvalue weighted by Gasteiger charge is -2.31. The highest BCUT2D eigenvalue weighted by Gasteiger charge is 2.36. The molecule has 2 saturated heterocycles. The summed E-state index contributed by atoms with van der Waals surface area (Å²) in [5.41, 5.74) is 2.62. The smallest absolute Gasteiger partial charge is 0.226 e. The average Bonchev–Trinajstić information content (AvgIpc) is 3.05. The zero-order valence-corrected chi connectivity index (χ0v) is 17.1. The van der Waals surface area contributed by atoms with E-state index in [-0.39, 0.29) is 17.6 Å². The number of halogens is 3. The Labute approximate surface area is 174 Å². The summed E-state index contributed by atoms with van der Waals surface area (Å²) in [6.45, 7) is 2.75. The largest absolute Gasteiger partial charge is 0.339 e. The van der Waals surface area contributed by atoms with Gasteiger partial charge in [0.2, 0.25) is 5.91 Å². The molecule has 0 saturated carbocycles. The Bertz CT molecular complexity index is 866. The number of hydrogen-bond donors (Lipinski definition) is 1. The van der Waals surface area contributed by atoms with Gasteiger partial charge in [-0.05, 0) is 79.7 Å². The molecule has 1 N–H and O–H groups in total. The van der Waals surface area contributed by atoms with E-state index in [1.807, 2.05) is 6.07 Å². The summed E-state index contributed by atoms with van der Waals surface area (Å²) < 4.78 is 13.4. The molecule has 0 bridgehead atoms. The van der Waals surface area contributed by atoms with Crippen LogP contribution >= 0.6 is 23.2 Å². The first-order chi connectivity index (χ1) is 13.5. The summed E-state index contributed by atoms with van der Waals surface area (Å²) in [6, 6.07) is 10.2. The van der Waals surface area contributed by atoms with Crippen molar-refractivity contribution < 1.29 is 9.18 Å². The fourth-order valence-corrected chi connectivity index (χ4v) is 4.95. The zero-order valence-electron chi connectivity index (χ0n) is 15.6. The van der Waals surface area contributed by atoms with Crippen molar-refractivity contribution in [1.82, 2.24) is 10.2 Å². The molecule has 0 radical (unpaired) electrons. The number of carbonyl (C=O) groups is 1. The van der Waals surface area contributed by atoms with Crippen LogP contribution in [0.4, 0.5) is 4.39 Å². The maximum absolute atomic E-state index is 13.4. The molecule has 4 rings (SSSR count). The highest BCUT2D eigenvalue weighted by molar-refractivity contribution is 6.35.